The third-order valence-electron chi connectivity index (χ3n) is 5.52. The van der Waals surface area contributed by atoms with Crippen LogP contribution in [0.1, 0.15) is 18.4 Å². The van der Waals surface area contributed by atoms with E-state index in [0.29, 0.717) is 30.0 Å². The normalized spacial score (nSPS) is 17.1. The second-order valence-corrected chi connectivity index (χ2v) is 10.2. The average Bonchev–Trinajstić information content (AvgIpc) is 2.78. The van der Waals surface area contributed by atoms with Gasteiger partial charge in [0.05, 0.1) is 21.2 Å². The fraction of sp³-hybridized carbons (Fsp3) is 0.409. The fourth-order valence-corrected chi connectivity index (χ4v) is 5.58. The molecule has 1 N–H and O–H groups in total. The van der Waals surface area contributed by atoms with Crippen molar-refractivity contribution in [1.82, 2.24) is 10.2 Å². The summed E-state index contributed by atoms with van der Waals surface area (Å²) in [6.07, 6.45) is -3.03. The number of hydrogen-bond donors (Lipinski definition) is 1. The van der Waals surface area contributed by atoms with Crippen LogP contribution in [0.3, 0.4) is 0 Å². The van der Waals surface area contributed by atoms with Crippen LogP contribution >= 0.6 is 11.6 Å². The number of hydrogen-bond acceptors (Lipinski definition) is 4. The van der Waals surface area contributed by atoms with Crippen molar-refractivity contribution in [2.75, 3.05) is 37.5 Å². The molecule has 1 amide bonds. The minimum absolute atomic E-state index is 0.155. The zero-order chi connectivity index (χ0) is 24.2. The number of likely N-dealkylation sites (tertiary alicyclic amines) is 1. The molecule has 0 aliphatic carbocycles. The highest BCUT2D eigenvalue weighted by molar-refractivity contribution is 7.92. The van der Waals surface area contributed by atoms with Crippen LogP contribution in [-0.2, 0) is 21.0 Å². The predicted molar refractivity (Wildman–Crippen MR) is 121 cm³/mol. The van der Waals surface area contributed by atoms with Gasteiger partial charge in [0.25, 0.3) is 10.0 Å². The first-order valence-corrected chi connectivity index (χ1v) is 12.2. The highest BCUT2D eigenvalue weighted by Gasteiger charge is 2.35. The van der Waals surface area contributed by atoms with Crippen molar-refractivity contribution in [3.63, 3.8) is 0 Å². The largest absolute Gasteiger partial charge is 0.416 e. The summed E-state index contributed by atoms with van der Waals surface area (Å²) in [6, 6.07) is 9.66. The second-order valence-electron chi connectivity index (χ2n) is 7.89. The topological polar surface area (TPSA) is 69.7 Å². The van der Waals surface area contributed by atoms with Gasteiger partial charge in [-0.2, -0.15) is 13.2 Å². The van der Waals surface area contributed by atoms with E-state index in [4.69, 9.17) is 11.6 Å². The molecule has 1 unspecified atom stereocenters. The SMILES string of the molecule is CNCC1CCCN(C(=O)CN(c2cc(C(F)(F)F)ccc2Cl)S(=O)(=O)c2ccccc2)C1. The first kappa shape index (κ1) is 25.3. The molecule has 180 valence electrons. The summed E-state index contributed by atoms with van der Waals surface area (Å²) in [4.78, 5) is 14.5. The number of nitrogens with one attached hydrogen (secondary N) is 1. The Kier molecular flexibility index (Phi) is 7.92. The Morgan fingerprint density at radius 3 is 2.55 bits per heavy atom. The lowest BCUT2D eigenvalue weighted by Gasteiger charge is -2.34. The Balaban J connectivity index is 2.01. The minimum atomic E-state index is -4.71. The predicted octanol–water partition coefficient (Wildman–Crippen LogP) is 4.01. The summed E-state index contributed by atoms with van der Waals surface area (Å²) in [5.41, 5.74) is -1.46. The first-order valence-electron chi connectivity index (χ1n) is 10.4. The number of amides is 1. The van der Waals surface area contributed by atoms with Crippen LogP contribution in [-0.4, -0.2) is 52.5 Å². The molecule has 0 radical (unpaired) electrons. The Labute approximate surface area is 196 Å². The van der Waals surface area contributed by atoms with Crippen LogP contribution in [0.15, 0.2) is 53.4 Å². The molecule has 1 heterocycles. The van der Waals surface area contributed by atoms with Gasteiger partial charge in [0.2, 0.25) is 5.91 Å². The summed E-state index contributed by atoms with van der Waals surface area (Å²) in [5, 5.41) is 2.86. The smallest absolute Gasteiger partial charge is 0.341 e. The quantitative estimate of drug-likeness (QED) is 0.620. The number of nitrogens with zero attached hydrogens (tertiary/aromatic N) is 2. The Bertz CT molecular complexity index is 1080. The van der Waals surface area contributed by atoms with E-state index in [9.17, 15) is 26.4 Å². The maximum atomic E-state index is 13.4. The van der Waals surface area contributed by atoms with Crippen molar-refractivity contribution < 1.29 is 26.4 Å². The van der Waals surface area contributed by atoms with Gasteiger partial charge < -0.3 is 10.2 Å². The molecule has 0 saturated carbocycles. The zero-order valence-electron chi connectivity index (χ0n) is 18.0. The van der Waals surface area contributed by atoms with Crippen molar-refractivity contribution in [2.45, 2.75) is 23.9 Å². The molecule has 2 aromatic carbocycles. The number of carbonyl (C=O) groups excluding carboxylic acids is 1. The van der Waals surface area contributed by atoms with Gasteiger partial charge in [0, 0.05) is 13.1 Å². The van der Waals surface area contributed by atoms with E-state index in [1.54, 1.807) is 11.0 Å². The Morgan fingerprint density at radius 2 is 1.91 bits per heavy atom. The number of alkyl halides is 3. The number of carbonyl (C=O) groups is 1. The lowest BCUT2D eigenvalue weighted by atomic mass is 9.98. The summed E-state index contributed by atoms with van der Waals surface area (Å²) < 4.78 is 67.6. The molecule has 3 rings (SSSR count). The average molecular weight is 504 g/mol. The number of sulfonamides is 1. The Hall–Kier alpha value is -2.30. The van der Waals surface area contributed by atoms with E-state index >= 15 is 0 Å². The Morgan fingerprint density at radius 1 is 1.21 bits per heavy atom. The molecular formula is C22H25ClF3N3O3S. The van der Waals surface area contributed by atoms with Crippen LogP contribution < -0.4 is 9.62 Å². The molecule has 1 fully saturated rings. The molecule has 0 spiro atoms. The van der Waals surface area contributed by atoms with Crippen molar-refractivity contribution in [2.24, 2.45) is 5.92 Å². The summed E-state index contributed by atoms with van der Waals surface area (Å²) in [5.74, 6) is -0.284. The molecule has 0 aromatic heterocycles. The summed E-state index contributed by atoms with van der Waals surface area (Å²) >= 11 is 6.16. The van der Waals surface area contributed by atoms with E-state index in [1.807, 2.05) is 7.05 Å². The van der Waals surface area contributed by atoms with Gasteiger partial charge >= 0.3 is 6.18 Å². The van der Waals surface area contributed by atoms with Crippen molar-refractivity contribution >= 4 is 33.2 Å². The van der Waals surface area contributed by atoms with Crippen LogP contribution in [0.5, 0.6) is 0 Å². The van der Waals surface area contributed by atoms with Crippen LogP contribution in [0.25, 0.3) is 0 Å². The van der Waals surface area contributed by atoms with E-state index in [2.05, 4.69) is 5.32 Å². The second kappa shape index (κ2) is 10.3. The molecule has 1 atom stereocenters. The van der Waals surface area contributed by atoms with E-state index in [1.165, 1.54) is 24.3 Å². The van der Waals surface area contributed by atoms with Gasteiger partial charge in [-0.15, -0.1) is 0 Å². The van der Waals surface area contributed by atoms with Crippen molar-refractivity contribution in [1.29, 1.82) is 0 Å². The van der Waals surface area contributed by atoms with Gasteiger partial charge in [-0.1, -0.05) is 29.8 Å². The number of anilines is 1. The molecule has 0 bridgehead atoms. The van der Waals surface area contributed by atoms with Gasteiger partial charge in [0.15, 0.2) is 0 Å². The van der Waals surface area contributed by atoms with Crippen LogP contribution in [0.4, 0.5) is 18.9 Å². The summed E-state index contributed by atoms with van der Waals surface area (Å²) in [6.45, 7) is 0.934. The molecule has 33 heavy (non-hydrogen) atoms. The van der Waals surface area contributed by atoms with Gasteiger partial charge in [-0.05, 0) is 62.7 Å². The number of benzene rings is 2. The third kappa shape index (κ3) is 5.99. The van der Waals surface area contributed by atoms with Crippen molar-refractivity contribution in [3.8, 4) is 0 Å². The molecule has 2 aromatic rings. The minimum Gasteiger partial charge on any atom is -0.341 e. The van der Waals surface area contributed by atoms with Gasteiger partial charge in [0.1, 0.15) is 6.54 Å². The molecule has 11 heteroatoms. The zero-order valence-corrected chi connectivity index (χ0v) is 19.6. The van der Waals surface area contributed by atoms with Crippen LogP contribution in [0.2, 0.25) is 5.02 Å². The number of halogens is 4. The molecular weight excluding hydrogens is 479 g/mol. The standard InChI is InChI=1S/C22H25ClF3N3O3S/c1-27-13-16-6-5-11-28(14-16)21(30)15-29(33(31,32)18-7-3-2-4-8-18)20-12-17(22(24,25)26)9-10-19(20)23/h2-4,7-10,12,16,27H,5-6,11,13-15H2,1H3. The number of rotatable bonds is 7. The van der Waals surface area contributed by atoms with E-state index < -0.39 is 39.9 Å². The highest BCUT2D eigenvalue weighted by atomic mass is 35.5. The lowest BCUT2D eigenvalue weighted by molar-refractivity contribution is -0.137. The monoisotopic (exact) mass is 503 g/mol. The third-order valence-corrected chi connectivity index (χ3v) is 7.61. The maximum absolute atomic E-state index is 13.4. The molecule has 1 saturated heterocycles. The number of piperidine rings is 1. The molecule has 1 aliphatic rings. The van der Waals surface area contributed by atoms with Crippen LogP contribution in [0, 0.1) is 5.92 Å². The lowest BCUT2D eigenvalue weighted by Crippen LogP contribution is -2.48. The molecule has 6 nitrogen and oxygen atoms in total. The van der Waals surface area contributed by atoms with Gasteiger partial charge in [-0.25, -0.2) is 8.42 Å². The van der Waals surface area contributed by atoms with Crippen molar-refractivity contribution in [3.05, 3.63) is 59.1 Å². The fourth-order valence-electron chi connectivity index (χ4n) is 3.87. The van der Waals surface area contributed by atoms with E-state index in [-0.39, 0.29) is 15.8 Å². The maximum Gasteiger partial charge on any atom is 0.416 e. The molecule has 1 aliphatic heterocycles. The van der Waals surface area contributed by atoms with E-state index in [0.717, 1.165) is 25.0 Å². The highest BCUT2D eigenvalue weighted by Crippen LogP contribution is 2.37. The summed E-state index contributed by atoms with van der Waals surface area (Å²) in [7, 11) is -2.56. The van der Waals surface area contributed by atoms with Gasteiger partial charge in [-0.3, -0.25) is 9.10 Å². The first-order chi connectivity index (χ1) is 15.5.